The van der Waals surface area contributed by atoms with Crippen molar-refractivity contribution in [2.45, 2.75) is 33.1 Å². The van der Waals surface area contributed by atoms with E-state index in [1.54, 1.807) is 0 Å². The molecule has 0 rings (SSSR count). The molecule has 1 unspecified atom stereocenters. The highest BCUT2D eigenvalue weighted by Gasteiger charge is 2.07. The van der Waals surface area contributed by atoms with E-state index in [1.165, 1.54) is 0 Å². The number of rotatable bonds is 5. The molecule has 0 aromatic rings. The minimum atomic E-state index is -0.236. The third kappa shape index (κ3) is 5.54. The van der Waals surface area contributed by atoms with Crippen LogP contribution in [0.25, 0.3) is 0 Å². The number of nitro groups is 1. The predicted octanol–water partition coefficient (Wildman–Crippen LogP) is 2.09. The summed E-state index contributed by atoms with van der Waals surface area (Å²) in [4.78, 5) is 9.74. The van der Waals surface area contributed by atoms with Crippen molar-refractivity contribution in [2.24, 2.45) is 5.92 Å². The Bertz CT molecular complexity index is 104. The van der Waals surface area contributed by atoms with Crippen molar-refractivity contribution >= 4 is 0 Å². The van der Waals surface area contributed by atoms with Gasteiger partial charge in [0.2, 0.25) is 6.54 Å². The number of nitrogens with zero attached hydrogens (tertiary/aromatic N) is 1. The van der Waals surface area contributed by atoms with Crippen LogP contribution in [-0.2, 0) is 0 Å². The summed E-state index contributed by atoms with van der Waals surface area (Å²) in [6.45, 7) is 4.15. The molecule has 0 spiro atoms. The van der Waals surface area contributed by atoms with Gasteiger partial charge >= 0.3 is 0 Å². The molecule has 3 nitrogen and oxygen atoms in total. The van der Waals surface area contributed by atoms with Crippen LogP contribution in [0.3, 0.4) is 0 Å². The molecule has 0 amide bonds. The summed E-state index contributed by atoms with van der Waals surface area (Å²) < 4.78 is 0. The van der Waals surface area contributed by atoms with E-state index in [2.05, 4.69) is 6.92 Å². The monoisotopic (exact) mass is 145 g/mol. The van der Waals surface area contributed by atoms with Crippen LogP contribution in [0.1, 0.15) is 33.1 Å². The number of unbranched alkanes of at least 4 members (excludes halogenated alkanes) is 1. The van der Waals surface area contributed by atoms with E-state index in [-0.39, 0.29) is 17.4 Å². The van der Waals surface area contributed by atoms with E-state index in [1.807, 2.05) is 6.92 Å². The Kier molecular flexibility index (Phi) is 4.89. The Morgan fingerprint density at radius 3 is 2.60 bits per heavy atom. The first-order valence-corrected chi connectivity index (χ1v) is 3.78. The third-order valence-electron chi connectivity index (χ3n) is 1.51. The maximum Gasteiger partial charge on any atom is 0.206 e. The molecule has 1 atom stereocenters. The Morgan fingerprint density at radius 1 is 1.60 bits per heavy atom. The Morgan fingerprint density at radius 2 is 2.20 bits per heavy atom. The van der Waals surface area contributed by atoms with Gasteiger partial charge in [0.1, 0.15) is 0 Å². The average molecular weight is 145 g/mol. The van der Waals surface area contributed by atoms with E-state index in [4.69, 9.17) is 0 Å². The molecule has 60 valence electrons. The summed E-state index contributed by atoms with van der Waals surface area (Å²) in [5.74, 6) is 0.245. The highest BCUT2D eigenvalue weighted by Crippen LogP contribution is 2.06. The van der Waals surface area contributed by atoms with Gasteiger partial charge in [-0.1, -0.05) is 26.7 Å². The summed E-state index contributed by atoms with van der Waals surface area (Å²) in [5, 5.41) is 9.98. The van der Waals surface area contributed by atoms with Crippen LogP contribution >= 0.6 is 0 Å². The van der Waals surface area contributed by atoms with Gasteiger partial charge in [-0.25, -0.2) is 0 Å². The highest BCUT2D eigenvalue weighted by atomic mass is 16.6. The fourth-order valence-corrected chi connectivity index (χ4v) is 0.898. The molecular weight excluding hydrogens is 130 g/mol. The van der Waals surface area contributed by atoms with Crippen LogP contribution in [0.15, 0.2) is 0 Å². The minimum absolute atomic E-state index is 0.125. The molecule has 0 aliphatic rings. The Balaban J connectivity index is 3.25. The van der Waals surface area contributed by atoms with Gasteiger partial charge in [0.25, 0.3) is 0 Å². The van der Waals surface area contributed by atoms with Crippen LogP contribution in [-0.4, -0.2) is 11.5 Å². The van der Waals surface area contributed by atoms with E-state index < -0.39 is 0 Å². The largest absolute Gasteiger partial charge is 0.265 e. The molecule has 0 saturated heterocycles. The fraction of sp³-hybridized carbons (Fsp3) is 1.00. The van der Waals surface area contributed by atoms with Crippen molar-refractivity contribution in [1.29, 1.82) is 0 Å². The van der Waals surface area contributed by atoms with Gasteiger partial charge in [0, 0.05) is 10.8 Å². The van der Waals surface area contributed by atoms with E-state index >= 15 is 0 Å². The maximum atomic E-state index is 9.98. The van der Waals surface area contributed by atoms with Gasteiger partial charge in [0.05, 0.1) is 0 Å². The third-order valence-corrected chi connectivity index (χ3v) is 1.51. The lowest BCUT2D eigenvalue weighted by Crippen LogP contribution is -2.10. The molecule has 0 radical (unpaired) electrons. The lowest BCUT2D eigenvalue weighted by atomic mass is 10.1. The molecule has 0 heterocycles. The Hall–Kier alpha value is -0.600. The van der Waals surface area contributed by atoms with Crippen LogP contribution in [0.4, 0.5) is 0 Å². The quantitative estimate of drug-likeness (QED) is 0.439. The number of hydrogen-bond donors (Lipinski definition) is 0. The van der Waals surface area contributed by atoms with Gasteiger partial charge in [-0.3, -0.25) is 10.1 Å². The van der Waals surface area contributed by atoms with Gasteiger partial charge < -0.3 is 0 Å². The second kappa shape index (κ2) is 5.21. The minimum Gasteiger partial charge on any atom is -0.265 e. The highest BCUT2D eigenvalue weighted by molar-refractivity contribution is 4.49. The zero-order chi connectivity index (χ0) is 7.98. The lowest BCUT2D eigenvalue weighted by Gasteiger charge is -2.03. The summed E-state index contributed by atoms with van der Waals surface area (Å²) >= 11 is 0. The SMILES string of the molecule is CCCCC(C)C[N+](=O)[O-]. The van der Waals surface area contributed by atoms with Gasteiger partial charge in [-0.15, -0.1) is 0 Å². The molecule has 0 aromatic heterocycles. The molecule has 3 heteroatoms. The summed E-state index contributed by atoms with van der Waals surface area (Å²) in [7, 11) is 0. The Labute approximate surface area is 61.6 Å². The van der Waals surface area contributed by atoms with E-state index in [0.717, 1.165) is 19.3 Å². The summed E-state index contributed by atoms with van der Waals surface area (Å²) in [6, 6.07) is 0. The smallest absolute Gasteiger partial charge is 0.206 e. The van der Waals surface area contributed by atoms with Crippen molar-refractivity contribution < 1.29 is 4.92 Å². The van der Waals surface area contributed by atoms with Crippen molar-refractivity contribution in [3.8, 4) is 0 Å². The normalized spacial score (nSPS) is 13.0. The fourth-order valence-electron chi connectivity index (χ4n) is 0.898. The zero-order valence-corrected chi connectivity index (χ0v) is 6.67. The molecule has 10 heavy (non-hydrogen) atoms. The van der Waals surface area contributed by atoms with Crippen LogP contribution in [0.2, 0.25) is 0 Å². The second-order valence-corrected chi connectivity index (χ2v) is 2.76. The van der Waals surface area contributed by atoms with Gasteiger partial charge in [0.15, 0.2) is 0 Å². The van der Waals surface area contributed by atoms with Crippen molar-refractivity contribution in [3.63, 3.8) is 0 Å². The topological polar surface area (TPSA) is 43.1 Å². The average Bonchev–Trinajstić information content (AvgIpc) is 1.82. The molecular formula is C7H15NO2. The van der Waals surface area contributed by atoms with Crippen molar-refractivity contribution in [2.75, 3.05) is 6.54 Å². The molecule has 0 aliphatic carbocycles. The standard InChI is InChI=1S/C7H15NO2/c1-3-4-5-7(2)6-8(9)10/h7H,3-6H2,1-2H3. The summed E-state index contributed by atoms with van der Waals surface area (Å²) in [5.41, 5.74) is 0. The molecule has 0 aromatic carbocycles. The predicted molar refractivity (Wildman–Crippen MR) is 40.6 cm³/mol. The van der Waals surface area contributed by atoms with Gasteiger partial charge in [-0.05, 0) is 6.42 Å². The molecule has 0 N–H and O–H groups in total. The van der Waals surface area contributed by atoms with Crippen molar-refractivity contribution in [1.82, 2.24) is 0 Å². The number of hydrogen-bond acceptors (Lipinski definition) is 2. The van der Waals surface area contributed by atoms with Gasteiger partial charge in [-0.2, -0.15) is 0 Å². The molecule has 0 bridgehead atoms. The summed E-state index contributed by atoms with van der Waals surface area (Å²) in [6.07, 6.45) is 3.22. The lowest BCUT2D eigenvalue weighted by molar-refractivity contribution is -0.487. The first-order chi connectivity index (χ1) is 4.66. The second-order valence-electron chi connectivity index (χ2n) is 2.76. The van der Waals surface area contributed by atoms with Crippen LogP contribution < -0.4 is 0 Å². The first-order valence-electron chi connectivity index (χ1n) is 3.78. The zero-order valence-electron chi connectivity index (χ0n) is 6.67. The van der Waals surface area contributed by atoms with Crippen molar-refractivity contribution in [3.05, 3.63) is 10.1 Å². The van der Waals surface area contributed by atoms with E-state index in [9.17, 15) is 10.1 Å². The molecule has 0 aliphatic heterocycles. The van der Waals surface area contributed by atoms with Crippen LogP contribution in [0, 0.1) is 16.0 Å². The maximum absolute atomic E-state index is 9.98. The first kappa shape index (κ1) is 9.40. The van der Waals surface area contributed by atoms with Crippen LogP contribution in [0.5, 0.6) is 0 Å². The molecule has 0 saturated carbocycles. The molecule has 0 fully saturated rings. The van der Waals surface area contributed by atoms with E-state index in [0.29, 0.717) is 0 Å².